The molecule has 0 radical (unpaired) electrons. The number of fused-ring (bicyclic) bond motifs is 1. The molecule has 1 aliphatic heterocycles. The van der Waals surface area contributed by atoms with E-state index in [-0.39, 0.29) is 0 Å². The summed E-state index contributed by atoms with van der Waals surface area (Å²) >= 11 is 1.93. The van der Waals surface area contributed by atoms with Gasteiger partial charge in [0.05, 0.1) is 6.61 Å². The van der Waals surface area contributed by atoms with E-state index in [1.807, 2.05) is 18.7 Å². The first-order chi connectivity index (χ1) is 9.80. The molecule has 2 nitrogen and oxygen atoms in total. The van der Waals surface area contributed by atoms with Crippen LogP contribution in [0.3, 0.4) is 0 Å². The molecule has 1 heterocycles. The number of nitrogens with zero attached hydrogens (tertiary/aromatic N) is 1. The number of thioether (sulfide) groups is 1. The van der Waals surface area contributed by atoms with E-state index in [4.69, 9.17) is 4.74 Å². The standard InChI is InChI=1S/C17H25NOS/c1-4-10-18(11-5-2)14-12-15-16(19-6-3)8-7-9-17(15)20-13-14/h7-9,12H,4-6,10-11,13H2,1-3H3. The molecule has 1 aromatic carbocycles. The van der Waals surface area contributed by atoms with Gasteiger partial charge in [0.15, 0.2) is 0 Å². The van der Waals surface area contributed by atoms with E-state index in [0.29, 0.717) is 0 Å². The Hall–Kier alpha value is -1.09. The highest BCUT2D eigenvalue weighted by Crippen LogP contribution is 2.38. The summed E-state index contributed by atoms with van der Waals surface area (Å²) in [6.07, 6.45) is 4.73. The lowest BCUT2D eigenvalue weighted by Gasteiger charge is -2.29. The van der Waals surface area contributed by atoms with Crippen LogP contribution in [0.2, 0.25) is 0 Å². The number of benzene rings is 1. The summed E-state index contributed by atoms with van der Waals surface area (Å²) in [6, 6.07) is 6.36. The lowest BCUT2D eigenvalue weighted by molar-refractivity contribution is 0.337. The molecule has 0 amide bonds. The Morgan fingerprint density at radius 1 is 1.15 bits per heavy atom. The first-order valence-electron chi connectivity index (χ1n) is 7.64. The van der Waals surface area contributed by atoms with E-state index < -0.39 is 0 Å². The first kappa shape index (κ1) is 15.3. The minimum absolute atomic E-state index is 0.720. The SMILES string of the molecule is CCCN(CCC)C1=Cc2c(OCC)cccc2SC1. The monoisotopic (exact) mass is 291 g/mol. The molecule has 0 aliphatic carbocycles. The van der Waals surface area contributed by atoms with Crippen LogP contribution in [-0.4, -0.2) is 30.3 Å². The van der Waals surface area contributed by atoms with Gasteiger partial charge in [-0.15, -0.1) is 11.8 Å². The predicted molar refractivity (Wildman–Crippen MR) is 88.5 cm³/mol. The van der Waals surface area contributed by atoms with E-state index in [1.54, 1.807) is 0 Å². The van der Waals surface area contributed by atoms with Gasteiger partial charge in [0, 0.05) is 35.0 Å². The highest BCUT2D eigenvalue weighted by molar-refractivity contribution is 7.99. The third kappa shape index (κ3) is 3.51. The molecule has 2 rings (SSSR count). The fourth-order valence-corrected chi connectivity index (χ4v) is 3.61. The van der Waals surface area contributed by atoms with Crippen LogP contribution in [0.4, 0.5) is 0 Å². The van der Waals surface area contributed by atoms with Crippen LogP contribution >= 0.6 is 11.8 Å². The van der Waals surface area contributed by atoms with E-state index in [9.17, 15) is 0 Å². The lowest BCUT2D eigenvalue weighted by atomic mass is 10.1. The molecule has 1 aliphatic rings. The summed E-state index contributed by atoms with van der Waals surface area (Å²) < 4.78 is 5.78. The molecular formula is C17H25NOS. The van der Waals surface area contributed by atoms with Crippen molar-refractivity contribution in [1.82, 2.24) is 4.90 Å². The molecule has 3 heteroatoms. The van der Waals surface area contributed by atoms with Gasteiger partial charge in [-0.25, -0.2) is 0 Å². The van der Waals surface area contributed by atoms with Crippen LogP contribution in [0.5, 0.6) is 5.75 Å². The van der Waals surface area contributed by atoms with Crippen LogP contribution < -0.4 is 4.74 Å². The molecule has 0 N–H and O–H groups in total. The van der Waals surface area contributed by atoms with Crippen molar-refractivity contribution >= 4 is 17.8 Å². The van der Waals surface area contributed by atoms with Gasteiger partial charge < -0.3 is 9.64 Å². The quantitative estimate of drug-likeness (QED) is 0.725. The van der Waals surface area contributed by atoms with Crippen LogP contribution in [0.25, 0.3) is 6.08 Å². The van der Waals surface area contributed by atoms with E-state index in [1.165, 1.54) is 29.0 Å². The highest BCUT2D eigenvalue weighted by Gasteiger charge is 2.18. The van der Waals surface area contributed by atoms with Crippen LogP contribution in [-0.2, 0) is 0 Å². The fourth-order valence-electron chi connectivity index (χ4n) is 2.55. The predicted octanol–water partition coefficient (Wildman–Crippen LogP) is 4.65. The van der Waals surface area contributed by atoms with E-state index in [2.05, 4.69) is 43.0 Å². The number of rotatable bonds is 7. The normalized spacial score (nSPS) is 13.7. The molecule has 0 aromatic heterocycles. The molecule has 110 valence electrons. The van der Waals surface area contributed by atoms with Crippen molar-refractivity contribution in [1.29, 1.82) is 0 Å². The highest BCUT2D eigenvalue weighted by atomic mass is 32.2. The van der Waals surface area contributed by atoms with Gasteiger partial charge >= 0.3 is 0 Å². The average Bonchev–Trinajstić information content (AvgIpc) is 2.47. The van der Waals surface area contributed by atoms with Gasteiger partial charge in [0.2, 0.25) is 0 Å². The fraction of sp³-hybridized carbons (Fsp3) is 0.529. The number of hydrogen-bond donors (Lipinski definition) is 0. The Balaban J connectivity index is 2.29. The largest absolute Gasteiger partial charge is 0.493 e. The van der Waals surface area contributed by atoms with Crippen molar-refractivity contribution in [3.8, 4) is 5.75 Å². The summed E-state index contributed by atoms with van der Waals surface area (Å²) in [5.41, 5.74) is 2.70. The summed E-state index contributed by atoms with van der Waals surface area (Å²) in [4.78, 5) is 3.87. The molecule has 0 saturated carbocycles. The molecule has 0 atom stereocenters. The molecule has 0 spiro atoms. The summed E-state index contributed by atoms with van der Waals surface area (Å²) in [6.45, 7) is 9.55. The Bertz CT molecular complexity index is 464. The third-order valence-corrected chi connectivity index (χ3v) is 4.51. The Morgan fingerprint density at radius 2 is 1.90 bits per heavy atom. The summed E-state index contributed by atoms with van der Waals surface area (Å²) in [5, 5.41) is 0. The minimum Gasteiger partial charge on any atom is -0.493 e. The van der Waals surface area contributed by atoms with Gasteiger partial charge in [-0.3, -0.25) is 0 Å². The van der Waals surface area contributed by atoms with E-state index in [0.717, 1.165) is 31.2 Å². The zero-order chi connectivity index (χ0) is 14.4. The number of ether oxygens (including phenoxy) is 1. The smallest absolute Gasteiger partial charge is 0.127 e. The van der Waals surface area contributed by atoms with Gasteiger partial charge in [0.25, 0.3) is 0 Å². The molecule has 0 saturated heterocycles. The molecular weight excluding hydrogens is 266 g/mol. The van der Waals surface area contributed by atoms with Gasteiger partial charge in [0.1, 0.15) is 5.75 Å². The molecule has 1 aromatic rings. The maximum absolute atomic E-state index is 5.78. The van der Waals surface area contributed by atoms with E-state index >= 15 is 0 Å². The van der Waals surface area contributed by atoms with Crippen molar-refractivity contribution in [3.05, 3.63) is 29.5 Å². The molecule has 20 heavy (non-hydrogen) atoms. The third-order valence-electron chi connectivity index (χ3n) is 3.41. The maximum Gasteiger partial charge on any atom is 0.127 e. The summed E-state index contributed by atoms with van der Waals surface area (Å²) in [5.74, 6) is 2.09. The Kier molecular flexibility index (Phi) is 5.84. The molecule has 0 bridgehead atoms. The summed E-state index contributed by atoms with van der Waals surface area (Å²) in [7, 11) is 0. The average molecular weight is 291 g/mol. The van der Waals surface area contributed by atoms with Crippen LogP contribution in [0.1, 0.15) is 39.2 Å². The van der Waals surface area contributed by atoms with Crippen molar-refractivity contribution in [3.63, 3.8) is 0 Å². The topological polar surface area (TPSA) is 12.5 Å². The second kappa shape index (κ2) is 7.63. The van der Waals surface area contributed by atoms with Crippen molar-refractivity contribution in [2.75, 3.05) is 25.4 Å². The zero-order valence-electron chi connectivity index (χ0n) is 12.8. The second-order valence-electron chi connectivity index (χ2n) is 5.01. The van der Waals surface area contributed by atoms with Crippen molar-refractivity contribution < 1.29 is 4.74 Å². The zero-order valence-corrected chi connectivity index (χ0v) is 13.6. The van der Waals surface area contributed by atoms with Crippen LogP contribution in [0.15, 0.2) is 28.8 Å². The van der Waals surface area contributed by atoms with Gasteiger partial charge in [-0.05, 0) is 38.0 Å². The molecule has 0 unspecified atom stereocenters. The van der Waals surface area contributed by atoms with Crippen LogP contribution in [0, 0.1) is 0 Å². The number of hydrogen-bond acceptors (Lipinski definition) is 3. The minimum atomic E-state index is 0.720. The lowest BCUT2D eigenvalue weighted by Crippen LogP contribution is -2.26. The van der Waals surface area contributed by atoms with Crippen molar-refractivity contribution in [2.24, 2.45) is 0 Å². The molecule has 0 fully saturated rings. The Morgan fingerprint density at radius 3 is 2.55 bits per heavy atom. The van der Waals surface area contributed by atoms with Gasteiger partial charge in [-0.2, -0.15) is 0 Å². The Labute approximate surface area is 127 Å². The maximum atomic E-state index is 5.78. The second-order valence-corrected chi connectivity index (χ2v) is 6.03. The first-order valence-corrected chi connectivity index (χ1v) is 8.62. The van der Waals surface area contributed by atoms with Gasteiger partial charge in [-0.1, -0.05) is 19.9 Å². The van der Waals surface area contributed by atoms with Crippen molar-refractivity contribution in [2.45, 2.75) is 38.5 Å².